The van der Waals surface area contributed by atoms with Gasteiger partial charge >= 0.3 is 174 Å². The molecule has 3 aromatic carbocycles. The van der Waals surface area contributed by atoms with Crippen LogP contribution in [0.2, 0.25) is 0 Å². The van der Waals surface area contributed by atoms with Gasteiger partial charge in [0.2, 0.25) is 0 Å². The minimum absolute atomic E-state index is 0.284. The average molecular weight is 398 g/mol. The first kappa shape index (κ1) is 19.6. The van der Waals surface area contributed by atoms with Crippen LogP contribution < -0.4 is 10.6 Å². The third kappa shape index (κ3) is 4.16. The molecule has 0 aliphatic heterocycles. The number of carbonyl (C=O) groups is 1. The van der Waals surface area contributed by atoms with E-state index < -0.39 is 7.26 Å². The van der Waals surface area contributed by atoms with Crippen LogP contribution in [-0.2, 0) is 11.2 Å². The van der Waals surface area contributed by atoms with Crippen molar-refractivity contribution in [2.75, 3.05) is 6.16 Å². The summed E-state index contributed by atoms with van der Waals surface area (Å²) in [7, 11) is -2.40. The first-order valence-electron chi connectivity index (χ1n) is 10.4. The van der Waals surface area contributed by atoms with Crippen molar-refractivity contribution in [3.8, 4) is 0 Å². The Morgan fingerprint density at radius 3 is 1.83 bits per heavy atom. The topological polar surface area (TPSA) is 17.1 Å². The van der Waals surface area contributed by atoms with E-state index in [1.165, 1.54) is 16.2 Å². The zero-order valence-electron chi connectivity index (χ0n) is 16.6. The Labute approximate surface area is 174 Å². The van der Waals surface area contributed by atoms with E-state index >= 15 is 0 Å². The first-order chi connectivity index (χ1) is 14.3. The number of carbonyl (C=O) groups excluding carboxylic acids is 1. The van der Waals surface area contributed by atoms with Crippen molar-refractivity contribution in [3.05, 3.63) is 120 Å². The van der Waals surface area contributed by atoms with Gasteiger partial charge in [-0.3, -0.25) is 0 Å². The summed E-state index contributed by atoms with van der Waals surface area (Å²) < 4.78 is 0. The van der Waals surface area contributed by atoms with Crippen molar-refractivity contribution in [2.45, 2.75) is 19.3 Å². The van der Waals surface area contributed by atoms with E-state index in [4.69, 9.17) is 0 Å². The molecule has 3 aromatic rings. The van der Waals surface area contributed by atoms with Crippen LogP contribution in [0, 0.1) is 0 Å². The van der Waals surface area contributed by atoms with Gasteiger partial charge in [0.15, 0.2) is 0 Å². The molecule has 0 bridgehead atoms. The monoisotopic (exact) mass is 398 g/mol. The van der Waals surface area contributed by atoms with Gasteiger partial charge in [0, 0.05) is 0 Å². The number of Topliss-reactive ketones (excluding diaryl/α,β-unsaturated/α-hetero) is 1. The second kappa shape index (κ2) is 9.16. The third-order valence-corrected chi connectivity index (χ3v) is 11.0. The van der Waals surface area contributed by atoms with Crippen LogP contribution >= 0.6 is 7.26 Å². The molecule has 4 rings (SSSR count). The Morgan fingerprint density at radius 1 is 0.724 bits per heavy atom. The number of aryl methyl sites for hydroxylation is 1. The normalized spacial score (nSPS) is 14.5. The van der Waals surface area contributed by atoms with Gasteiger partial charge < -0.3 is 0 Å². The van der Waals surface area contributed by atoms with Gasteiger partial charge in [0.25, 0.3) is 0 Å². The summed E-state index contributed by atoms with van der Waals surface area (Å²) in [5.41, 5.74) is 1.36. The Balaban J connectivity index is 1.80. The zero-order chi connectivity index (χ0) is 19.9. The van der Waals surface area contributed by atoms with E-state index in [9.17, 15) is 4.79 Å². The molecule has 0 spiro atoms. The molecule has 0 fully saturated rings. The van der Waals surface area contributed by atoms with Crippen molar-refractivity contribution in [1.29, 1.82) is 0 Å². The van der Waals surface area contributed by atoms with Gasteiger partial charge in [-0.2, -0.15) is 0 Å². The molecule has 146 valence electrons. The first-order valence-corrected chi connectivity index (χ1v) is 12.6. The Hall–Kier alpha value is -2.76. The van der Waals surface area contributed by atoms with Crippen molar-refractivity contribution in [2.24, 2.45) is 0 Å². The van der Waals surface area contributed by atoms with Crippen molar-refractivity contribution < 1.29 is 4.79 Å². The molecule has 0 N–H and O–H groups in total. The second-order valence-corrected chi connectivity index (χ2v) is 11.6. The molecular weight excluding hydrogens is 371 g/mol. The SMILES string of the molecule is O=C1CC=CC=C1[PH](CCCc1ccccc1)(c1ccccc1)c1ccccc1. The van der Waals surface area contributed by atoms with Gasteiger partial charge in [-0.05, 0) is 0 Å². The summed E-state index contributed by atoms with van der Waals surface area (Å²) in [6.07, 6.45) is 9.79. The average Bonchev–Trinajstić information content (AvgIpc) is 2.79. The van der Waals surface area contributed by atoms with Gasteiger partial charge in [0.05, 0.1) is 0 Å². The number of hydrogen-bond acceptors (Lipinski definition) is 1. The van der Waals surface area contributed by atoms with Crippen LogP contribution in [0.4, 0.5) is 0 Å². The van der Waals surface area contributed by atoms with Gasteiger partial charge in [-0.15, -0.1) is 0 Å². The molecule has 0 heterocycles. The van der Waals surface area contributed by atoms with Crippen LogP contribution in [0.3, 0.4) is 0 Å². The van der Waals surface area contributed by atoms with Gasteiger partial charge in [-0.25, -0.2) is 0 Å². The van der Waals surface area contributed by atoms with Crippen molar-refractivity contribution in [1.82, 2.24) is 0 Å². The number of benzene rings is 3. The van der Waals surface area contributed by atoms with Crippen LogP contribution in [0.1, 0.15) is 18.4 Å². The van der Waals surface area contributed by atoms with Gasteiger partial charge in [-0.1, -0.05) is 0 Å². The van der Waals surface area contributed by atoms with Gasteiger partial charge in [0.1, 0.15) is 0 Å². The predicted octanol–water partition coefficient (Wildman–Crippen LogP) is 5.43. The van der Waals surface area contributed by atoms with Crippen LogP contribution in [-0.4, -0.2) is 11.9 Å². The Morgan fingerprint density at radius 2 is 1.28 bits per heavy atom. The summed E-state index contributed by atoms with van der Waals surface area (Å²) >= 11 is 0. The molecule has 0 atom stereocenters. The van der Waals surface area contributed by atoms with E-state index in [2.05, 4.69) is 103 Å². The fourth-order valence-corrected chi connectivity index (χ4v) is 9.46. The Kier molecular flexibility index (Phi) is 6.17. The fourth-order valence-electron chi connectivity index (χ4n) is 4.47. The second-order valence-electron chi connectivity index (χ2n) is 7.61. The molecule has 1 aliphatic carbocycles. The zero-order valence-corrected chi connectivity index (χ0v) is 17.6. The summed E-state index contributed by atoms with van der Waals surface area (Å²) in [6.45, 7) is 0. The minimum atomic E-state index is -2.40. The van der Waals surface area contributed by atoms with Crippen molar-refractivity contribution >= 4 is 23.7 Å². The van der Waals surface area contributed by atoms with E-state index in [0.29, 0.717) is 6.42 Å². The molecular formula is C27H27OP. The molecule has 1 aliphatic rings. The van der Waals surface area contributed by atoms with Crippen LogP contribution in [0.5, 0.6) is 0 Å². The molecule has 0 saturated carbocycles. The quantitative estimate of drug-likeness (QED) is 0.485. The maximum absolute atomic E-state index is 13.1. The number of hydrogen-bond donors (Lipinski definition) is 0. The van der Waals surface area contributed by atoms with E-state index in [-0.39, 0.29) is 5.78 Å². The summed E-state index contributed by atoms with van der Waals surface area (Å²) in [5, 5.41) is 3.70. The van der Waals surface area contributed by atoms with E-state index in [1.54, 1.807) is 0 Å². The standard InChI is InChI=1S/C27H27OP/c28-26-20-10-11-21-27(26)29(24-16-6-2-7-17-24,25-18-8-3-9-19-25)22-12-15-23-13-4-1-5-14-23/h1-11,13-14,16-19,21,29H,12,15,20,22H2. The molecule has 0 radical (unpaired) electrons. The third-order valence-electron chi connectivity index (χ3n) is 5.86. The molecule has 0 unspecified atom stereocenters. The molecule has 29 heavy (non-hydrogen) atoms. The molecule has 0 saturated heterocycles. The summed E-state index contributed by atoms with van der Waals surface area (Å²) in [6, 6.07) is 32.2. The van der Waals surface area contributed by atoms with E-state index in [1.807, 2.05) is 6.08 Å². The maximum atomic E-state index is 13.1. The van der Waals surface area contributed by atoms with Crippen LogP contribution in [0.25, 0.3) is 0 Å². The summed E-state index contributed by atoms with van der Waals surface area (Å²) in [4.78, 5) is 13.1. The molecule has 1 nitrogen and oxygen atoms in total. The fraction of sp³-hybridized carbons (Fsp3) is 0.148. The number of ketones is 1. The van der Waals surface area contributed by atoms with E-state index in [0.717, 1.165) is 24.3 Å². The Bertz CT molecular complexity index is 965. The molecule has 0 amide bonds. The summed E-state index contributed by atoms with van der Waals surface area (Å²) in [5.74, 6) is 0.284. The molecule has 0 aromatic heterocycles. The van der Waals surface area contributed by atoms with Crippen LogP contribution in [0.15, 0.2) is 115 Å². The number of rotatable bonds is 7. The predicted molar refractivity (Wildman–Crippen MR) is 127 cm³/mol. The number of allylic oxidation sites excluding steroid dienone is 4. The van der Waals surface area contributed by atoms with Crippen molar-refractivity contribution in [3.63, 3.8) is 0 Å². The molecule has 2 heteroatoms.